The zero-order valence-corrected chi connectivity index (χ0v) is 14.3. The summed E-state index contributed by atoms with van der Waals surface area (Å²) in [5.41, 5.74) is 3.18. The van der Waals surface area contributed by atoms with E-state index in [1.54, 1.807) is 6.07 Å². The van der Waals surface area contributed by atoms with Crippen molar-refractivity contribution < 1.29 is 9.32 Å². The van der Waals surface area contributed by atoms with Gasteiger partial charge in [-0.25, -0.2) is 0 Å². The van der Waals surface area contributed by atoms with E-state index < -0.39 is 0 Å². The number of carbonyl (C=O) groups is 1. The molecule has 5 nitrogen and oxygen atoms in total. The second-order valence-corrected chi connectivity index (χ2v) is 5.98. The molecule has 1 aromatic carbocycles. The molecule has 5 heteroatoms. The molecule has 0 aliphatic carbocycles. The van der Waals surface area contributed by atoms with Crippen molar-refractivity contribution in [2.24, 2.45) is 0 Å². The van der Waals surface area contributed by atoms with Crippen LogP contribution in [0.25, 0.3) is 0 Å². The molecule has 0 fully saturated rings. The third kappa shape index (κ3) is 4.93. The lowest BCUT2D eigenvalue weighted by Crippen LogP contribution is -2.35. The molecule has 2 rings (SSSR count). The summed E-state index contributed by atoms with van der Waals surface area (Å²) >= 11 is 0. The molecule has 1 heterocycles. The highest BCUT2D eigenvalue weighted by atomic mass is 16.5. The van der Waals surface area contributed by atoms with Gasteiger partial charge < -0.3 is 14.7 Å². The number of rotatable bonds is 7. The van der Waals surface area contributed by atoms with E-state index in [1.165, 1.54) is 11.1 Å². The monoisotopic (exact) mass is 315 g/mol. The highest BCUT2D eigenvalue weighted by Gasteiger charge is 2.16. The van der Waals surface area contributed by atoms with E-state index in [0.717, 1.165) is 12.2 Å². The smallest absolute Gasteiger partial charge is 0.226 e. The number of nitrogens with one attached hydrogen (secondary N) is 1. The number of carbonyl (C=O) groups excluding carboxylic acids is 1. The highest BCUT2D eigenvalue weighted by molar-refractivity contribution is 5.78. The SMILES string of the molecule is CCc1ccc(C(CNC(=O)Cc2cc(C)on2)N(C)C)cc1. The summed E-state index contributed by atoms with van der Waals surface area (Å²) in [6, 6.07) is 10.5. The van der Waals surface area contributed by atoms with Crippen LogP contribution in [0.2, 0.25) is 0 Å². The Morgan fingerprint density at radius 1 is 1.30 bits per heavy atom. The topological polar surface area (TPSA) is 58.4 Å². The first kappa shape index (κ1) is 17.2. The second-order valence-electron chi connectivity index (χ2n) is 5.98. The van der Waals surface area contributed by atoms with Crippen LogP contribution < -0.4 is 5.32 Å². The van der Waals surface area contributed by atoms with Crippen molar-refractivity contribution in [2.45, 2.75) is 32.7 Å². The van der Waals surface area contributed by atoms with Crippen molar-refractivity contribution >= 4 is 5.91 Å². The predicted molar refractivity (Wildman–Crippen MR) is 90.2 cm³/mol. The number of amides is 1. The minimum absolute atomic E-state index is 0.0460. The molecule has 1 unspecified atom stereocenters. The summed E-state index contributed by atoms with van der Waals surface area (Å²) in [5.74, 6) is 0.672. The zero-order valence-electron chi connectivity index (χ0n) is 14.3. The maximum absolute atomic E-state index is 12.1. The quantitative estimate of drug-likeness (QED) is 0.853. The summed E-state index contributed by atoms with van der Waals surface area (Å²) in [6.45, 7) is 4.52. The van der Waals surface area contributed by atoms with Crippen molar-refractivity contribution in [2.75, 3.05) is 20.6 Å². The minimum Gasteiger partial charge on any atom is -0.361 e. The van der Waals surface area contributed by atoms with Crippen LogP contribution in [0.3, 0.4) is 0 Å². The second kappa shape index (κ2) is 7.92. The van der Waals surface area contributed by atoms with Crippen LogP contribution in [0.4, 0.5) is 0 Å². The average molecular weight is 315 g/mol. The first-order chi connectivity index (χ1) is 11.0. The molecular formula is C18H25N3O2. The largest absolute Gasteiger partial charge is 0.361 e. The van der Waals surface area contributed by atoms with Crippen molar-refractivity contribution in [3.05, 3.63) is 52.9 Å². The molecule has 1 amide bonds. The van der Waals surface area contributed by atoms with Gasteiger partial charge in [-0.3, -0.25) is 4.79 Å². The molecule has 124 valence electrons. The maximum atomic E-state index is 12.1. The molecule has 0 saturated carbocycles. The lowest BCUT2D eigenvalue weighted by Gasteiger charge is -2.25. The fourth-order valence-electron chi connectivity index (χ4n) is 2.51. The summed E-state index contributed by atoms with van der Waals surface area (Å²) < 4.78 is 4.98. The third-order valence-corrected chi connectivity index (χ3v) is 3.91. The van der Waals surface area contributed by atoms with Gasteiger partial charge in [0.25, 0.3) is 0 Å². The van der Waals surface area contributed by atoms with Gasteiger partial charge in [0.15, 0.2) is 0 Å². The maximum Gasteiger partial charge on any atom is 0.226 e. The molecule has 1 atom stereocenters. The lowest BCUT2D eigenvalue weighted by atomic mass is 10.0. The van der Waals surface area contributed by atoms with Crippen molar-refractivity contribution in [1.82, 2.24) is 15.4 Å². The molecule has 1 aromatic heterocycles. The Bertz CT molecular complexity index is 632. The molecule has 0 bridgehead atoms. The Balaban J connectivity index is 1.94. The minimum atomic E-state index is -0.0460. The molecule has 0 radical (unpaired) electrons. The van der Waals surface area contributed by atoms with Crippen molar-refractivity contribution in [3.63, 3.8) is 0 Å². The molecular weight excluding hydrogens is 290 g/mol. The Hall–Kier alpha value is -2.14. The molecule has 1 N–H and O–H groups in total. The fourth-order valence-corrected chi connectivity index (χ4v) is 2.51. The predicted octanol–water partition coefficient (Wildman–Crippen LogP) is 2.51. The lowest BCUT2D eigenvalue weighted by molar-refractivity contribution is -0.120. The molecule has 0 spiro atoms. The first-order valence-corrected chi connectivity index (χ1v) is 7.93. The number of likely N-dealkylation sites (N-methyl/N-ethyl adjacent to an activating group) is 1. The Morgan fingerprint density at radius 2 is 2.00 bits per heavy atom. The summed E-state index contributed by atoms with van der Waals surface area (Å²) in [7, 11) is 4.04. The molecule has 0 saturated heterocycles. The Kier molecular flexibility index (Phi) is 5.93. The fraction of sp³-hybridized carbons (Fsp3) is 0.444. The van der Waals surface area contributed by atoms with Crippen LogP contribution in [-0.2, 0) is 17.6 Å². The van der Waals surface area contributed by atoms with E-state index in [4.69, 9.17) is 4.52 Å². The van der Waals surface area contributed by atoms with Crippen LogP contribution in [0.15, 0.2) is 34.9 Å². The van der Waals surface area contributed by atoms with Crippen LogP contribution in [-0.4, -0.2) is 36.6 Å². The number of aromatic nitrogens is 1. The summed E-state index contributed by atoms with van der Waals surface area (Å²) in [4.78, 5) is 14.2. The summed E-state index contributed by atoms with van der Waals surface area (Å²) in [6.07, 6.45) is 1.27. The Morgan fingerprint density at radius 3 is 2.52 bits per heavy atom. The number of benzene rings is 1. The van der Waals surface area contributed by atoms with Gasteiger partial charge in [0.1, 0.15) is 5.76 Å². The molecule has 23 heavy (non-hydrogen) atoms. The van der Waals surface area contributed by atoms with Gasteiger partial charge >= 0.3 is 0 Å². The normalized spacial score (nSPS) is 12.4. The number of nitrogens with zero attached hydrogens (tertiary/aromatic N) is 2. The van der Waals surface area contributed by atoms with Crippen LogP contribution >= 0.6 is 0 Å². The molecule has 0 aliphatic heterocycles. The van der Waals surface area contributed by atoms with E-state index in [0.29, 0.717) is 12.2 Å². The third-order valence-electron chi connectivity index (χ3n) is 3.91. The molecule has 0 aliphatic rings. The van der Waals surface area contributed by atoms with Crippen molar-refractivity contribution in [1.29, 1.82) is 0 Å². The zero-order chi connectivity index (χ0) is 16.8. The molecule has 2 aromatic rings. The van der Waals surface area contributed by atoms with Crippen LogP contribution in [0.1, 0.15) is 35.5 Å². The van der Waals surface area contributed by atoms with Crippen LogP contribution in [0, 0.1) is 6.92 Å². The van der Waals surface area contributed by atoms with E-state index in [9.17, 15) is 4.79 Å². The summed E-state index contributed by atoms with van der Waals surface area (Å²) in [5, 5.41) is 6.84. The van der Waals surface area contributed by atoms with Gasteiger partial charge in [0, 0.05) is 12.6 Å². The number of aryl methyl sites for hydroxylation is 2. The van der Waals surface area contributed by atoms with E-state index in [1.807, 2.05) is 21.0 Å². The van der Waals surface area contributed by atoms with Crippen LogP contribution in [0.5, 0.6) is 0 Å². The van der Waals surface area contributed by atoms with E-state index in [2.05, 4.69) is 46.6 Å². The standard InChI is InChI=1S/C18H25N3O2/c1-5-14-6-8-15(9-7-14)17(21(3)4)12-19-18(22)11-16-10-13(2)23-20-16/h6-10,17H,5,11-12H2,1-4H3,(H,19,22). The van der Waals surface area contributed by atoms with Gasteiger partial charge in [0.05, 0.1) is 18.2 Å². The first-order valence-electron chi connectivity index (χ1n) is 7.93. The van der Waals surface area contributed by atoms with Gasteiger partial charge in [0.2, 0.25) is 5.91 Å². The highest BCUT2D eigenvalue weighted by Crippen LogP contribution is 2.18. The number of hydrogen-bond donors (Lipinski definition) is 1. The average Bonchev–Trinajstić information content (AvgIpc) is 2.92. The van der Waals surface area contributed by atoms with Gasteiger partial charge in [-0.2, -0.15) is 0 Å². The van der Waals surface area contributed by atoms with E-state index in [-0.39, 0.29) is 18.4 Å². The number of hydrogen-bond acceptors (Lipinski definition) is 4. The van der Waals surface area contributed by atoms with Gasteiger partial charge in [-0.15, -0.1) is 0 Å². The van der Waals surface area contributed by atoms with Gasteiger partial charge in [-0.1, -0.05) is 36.3 Å². The van der Waals surface area contributed by atoms with Gasteiger partial charge in [-0.05, 0) is 38.6 Å². The van der Waals surface area contributed by atoms with Crippen molar-refractivity contribution in [3.8, 4) is 0 Å². The Labute approximate surface area is 137 Å². The van der Waals surface area contributed by atoms with E-state index >= 15 is 0 Å².